The van der Waals surface area contributed by atoms with Crippen molar-refractivity contribution in [1.29, 1.82) is 0 Å². The molecule has 0 aliphatic heterocycles. The Morgan fingerprint density at radius 2 is 0.708 bits per heavy atom. The Labute approximate surface area is 162 Å². The second-order valence-electron chi connectivity index (χ2n) is 7.61. The molecule has 0 amide bonds. The number of halogens is 1. The summed E-state index contributed by atoms with van der Waals surface area (Å²) in [5.41, 5.74) is 0. The molecule has 0 atom stereocenters. The molecule has 0 nitrogen and oxygen atoms in total. The van der Waals surface area contributed by atoms with Crippen LogP contribution in [0.5, 0.6) is 0 Å². The molecule has 0 aromatic carbocycles. The second-order valence-corrected chi connectivity index (χ2v) is 12.6. The molecule has 0 bridgehead atoms. The third kappa shape index (κ3) is 15.0. The van der Waals surface area contributed by atoms with Crippen molar-refractivity contribution >= 4 is 19.7 Å². The molecule has 0 saturated carbocycles. The lowest BCUT2D eigenvalue weighted by Crippen LogP contribution is -2.07. The van der Waals surface area contributed by atoms with Gasteiger partial charge in [0.2, 0.25) is 0 Å². The van der Waals surface area contributed by atoms with E-state index in [4.69, 9.17) is 0 Å². The maximum atomic E-state index is 2.44. The quantitative estimate of drug-likeness (QED) is 0.164. The van der Waals surface area contributed by atoms with Crippen LogP contribution in [0.3, 0.4) is 0 Å². The van der Waals surface area contributed by atoms with Crippen LogP contribution in [0.1, 0.15) is 118 Å². The second kappa shape index (κ2) is 20.0. The fraction of sp³-hybridized carbons (Fsp3) is 1.00. The molecule has 0 saturated heterocycles. The highest BCUT2D eigenvalue weighted by Crippen LogP contribution is 2.58. The number of rotatable bonds is 18. The van der Waals surface area contributed by atoms with Gasteiger partial charge in [-0.25, -0.2) is 0 Å². The van der Waals surface area contributed by atoms with Crippen molar-refractivity contribution in [1.82, 2.24) is 0 Å². The summed E-state index contributed by atoms with van der Waals surface area (Å²) >= 11 is 0. The zero-order valence-corrected chi connectivity index (χ0v) is 19.3. The monoisotopic (exact) mass is 379 g/mol. The number of unbranched alkanes of at least 4 members (excludes halogenated alkanes) is 13. The van der Waals surface area contributed by atoms with Gasteiger partial charge in [-0.3, -0.25) is 0 Å². The Kier molecular flexibility index (Phi) is 22.5. The molecular weight excluding hydrogens is 331 g/mol. The number of hydrogen-bond donors (Lipinski definition) is 0. The topological polar surface area (TPSA) is 0 Å². The first-order valence-electron chi connectivity index (χ1n) is 11.1. The summed E-state index contributed by atoms with van der Waals surface area (Å²) in [7, 11) is -0.523. The summed E-state index contributed by atoms with van der Waals surface area (Å²) in [6.07, 6.45) is 26.7. The molecule has 0 aliphatic carbocycles. The highest BCUT2D eigenvalue weighted by atomic mass is 35.5. The third-order valence-electron chi connectivity index (χ3n) is 6.00. The van der Waals surface area contributed by atoms with E-state index < -0.39 is 7.26 Å². The van der Waals surface area contributed by atoms with Gasteiger partial charge in [-0.15, -0.1) is 12.4 Å². The van der Waals surface area contributed by atoms with Gasteiger partial charge in [0, 0.05) is 7.26 Å². The van der Waals surface area contributed by atoms with E-state index in [0.717, 1.165) is 0 Å². The van der Waals surface area contributed by atoms with Gasteiger partial charge in [0.25, 0.3) is 0 Å². The van der Waals surface area contributed by atoms with Crippen molar-refractivity contribution < 1.29 is 0 Å². The minimum atomic E-state index is -0.523. The minimum Gasteiger partial charge on any atom is -0.147 e. The summed E-state index contributed by atoms with van der Waals surface area (Å²) in [5, 5.41) is 0. The summed E-state index contributed by atoms with van der Waals surface area (Å²) in [6.45, 7) is 9.61. The van der Waals surface area contributed by atoms with Crippen LogP contribution in [0.4, 0.5) is 0 Å². The standard InChI is InChI=1S/C22H48P.ClH/c1-5-9-10-11-12-13-14-15-16-17-18-19-20-21-22-23(6-2,7-3)8-4;/h5-22H2,1-4H3;1H/q+1;. The molecule has 0 aromatic heterocycles. The van der Waals surface area contributed by atoms with Crippen molar-refractivity contribution in [3.8, 4) is 0 Å². The fourth-order valence-corrected chi connectivity index (χ4v) is 6.97. The van der Waals surface area contributed by atoms with Gasteiger partial charge in [-0.2, -0.15) is 0 Å². The lowest BCUT2D eigenvalue weighted by molar-refractivity contribution is 0.538. The van der Waals surface area contributed by atoms with Crippen LogP contribution in [-0.2, 0) is 0 Å². The Morgan fingerprint density at radius 3 is 1.00 bits per heavy atom. The van der Waals surface area contributed by atoms with Crippen molar-refractivity contribution in [2.75, 3.05) is 24.6 Å². The molecule has 0 aromatic rings. The van der Waals surface area contributed by atoms with Crippen LogP contribution in [0.15, 0.2) is 0 Å². The van der Waals surface area contributed by atoms with E-state index in [9.17, 15) is 0 Å². The van der Waals surface area contributed by atoms with Gasteiger partial charge < -0.3 is 0 Å². The molecule has 2 heteroatoms. The average molecular weight is 380 g/mol. The lowest BCUT2D eigenvalue weighted by Gasteiger charge is -2.23. The molecule has 0 fully saturated rings. The van der Waals surface area contributed by atoms with Gasteiger partial charge in [0.15, 0.2) is 0 Å². The summed E-state index contributed by atoms with van der Waals surface area (Å²) < 4.78 is 0. The summed E-state index contributed by atoms with van der Waals surface area (Å²) in [5.74, 6) is 0. The maximum Gasteiger partial charge on any atom is 0.0594 e. The zero-order valence-electron chi connectivity index (χ0n) is 17.6. The smallest absolute Gasteiger partial charge is 0.0594 e. The van der Waals surface area contributed by atoms with E-state index >= 15 is 0 Å². The molecular formula is C22H49ClP+. The Hall–Kier alpha value is 0.720. The van der Waals surface area contributed by atoms with E-state index in [2.05, 4.69) is 27.7 Å². The van der Waals surface area contributed by atoms with E-state index in [1.807, 2.05) is 0 Å². The van der Waals surface area contributed by atoms with Gasteiger partial charge in [0.1, 0.15) is 0 Å². The largest absolute Gasteiger partial charge is 0.147 e. The summed E-state index contributed by atoms with van der Waals surface area (Å²) in [4.78, 5) is 0. The summed E-state index contributed by atoms with van der Waals surface area (Å²) in [6, 6.07) is 0. The predicted octanol–water partition coefficient (Wildman–Crippen LogP) is 8.97. The molecule has 0 rings (SSSR count). The van der Waals surface area contributed by atoms with Crippen molar-refractivity contribution in [3.05, 3.63) is 0 Å². The molecule has 0 unspecified atom stereocenters. The first-order valence-corrected chi connectivity index (χ1v) is 13.6. The van der Waals surface area contributed by atoms with Crippen molar-refractivity contribution in [2.45, 2.75) is 118 Å². The first kappa shape index (κ1) is 26.9. The molecule has 148 valence electrons. The van der Waals surface area contributed by atoms with Gasteiger partial charge >= 0.3 is 0 Å². The van der Waals surface area contributed by atoms with Gasteiger partial charge in [-0.05, 0) is 33.6 Å². The molecule has 24 heavy (non-hydrogen) atoms. The van der Waals surface area contributed by atoms with Crippen LogP contribution in [0, 0.1) is 0 Å². The predicted molar refractivity (Wildman–Crippen MR) is 121 cm³/mol. The van der Waals surface area contributed by atoms with Crippen LogP contribution >= 0.6 is 19.7 Å². The van der Waals surface area contributed by atoms with E-state index in [0.29, 0.717) is 0 Å². The highest BCUT2D eigenvalue weighted by molar-refractivity contribution is 7.75. The van der Waals surface area contributed by atoms with Crippen molar-refractivity contribution in [2.24, 2.45) is 0 Å². The zero-order chi connectivity index (χ0) is 17.2. The highest BCUT2D eigenvalue weighted by Gasteiger charge is 2.29. The third-order valence-corrected chi connectivity index (χ3v) is 11.3. The average Bonchev–Trinajstić information content (AvgIpc) is 2.59. The Morgan fingerprint density at radius 1 is 0.417 bits per heavy atom. The van der Waals surface area contributed by atoms with Crippen molar-refractivity contribution in [3.63, 3.8) is 0 Å². The van der Waals surface area contributed by atoms with Crippen LogP contribution in [0.25, 0.3) is 0 Å². The van der Waals surface area contributed by atoms with E-state index in [-0.39, 0.29) is 12.4 Å². The molecule has 0 spiro atoms. The normalized spacial score (nSPS) is 11.5. The van der Waals surface area contributed by atoms with Crippen LogP contribution in [-0.4, -0.2) is 24.6 Å². The fourth-order valence-electron chi connectivity index (χ4n) is 3.79. The van der Waals surface area contributed by atoms with Crippen LogP contribution < -0.4 is 0 Å². The Bertz CT molecular complexity index is 218. The van der Waals surface area contributed by atoms with Gasteiger partial charge in [-0.1, -0.05) is 84.0 Å². The molecule has 0 aliphatic rings. The van der Waals surface area contributed by atoms with Crippen LogP contribution in [0.2, 0.25) is 0 Å². The molecule has 0 N–H and O–H groups in total. The maximum absolute atomic E-state index is 2.44. The van der Waals surface area contributed by atoms with E-state index in [1.165, 1.54) is 108 Å². The molecule has 0 heterocycles. The SMILES string of the molecule is CCCCCCCCCCCCCCCC[P+](CC)(CC)CC.Cl. The lowest BCUT2D eigenvalue weighted by atomic mass is 10.0. The minimum absolute atomic E-state index is 0. The number of hydrogen-bond acceptors (Lipinski definition) is 0. The van der Waals surface area contributed by atoms with E-state index in [1.54, 1.807) is 6.16 Å². The molecule has 0 radical (unpaired) electrons. The Balaban J connectivity index is 0. The van der Waals surface area contributed by atoms with Gasteiger partial charge in [0.05, 0.1) is 24.6 Å². The first-order chi connectivity index (χ1) is 11.2.